The van der Waals surface area contributed by atoms with Gasteiger partial charge in [-0.15, -0.1) is 10.2 Å². The van der Waals surface area contributed by atoms with E-state index in [4.69, 9.17) is 5.11 Å². The SMILES string of the molecule is O=C(O)CCCN1CSc2nnc(-c3ccccc3Br)n2C1. The molecule has 0 bridgehead atoms. The molecule has 0 aliphatic carbocycles. The van der Waals surface area contributed by atoms with Gasteiger partial charge in [-0.3, -0.25) is 14.3 Å². The Morgan fingerprint density at radius 1 is 1.36 bits per heavy atom. The van der Waals surface area contributed by atoms with Crippen LogP contribution in [0.25, 0.3) is 11.4 Å². The van der Waals surface area contributed by atoms with Gasteiger partial charge in [0.25, 0.3) is 0 Å². The summed E-state index contributed by atoms with van der Waals surface area (Å²) in [5, 5.41) is 18.2. The molecule has 116 valence electrons. The summed E-state index contributed by atoms with van der Waals surface area (Å²) in [6, 6.07) is 7.93. The molecule has 0 spiro atoms. The zero-order valence-corrected chi connectivity index (χ0v) is 14.2. The second-order valence-electron chi connectivity index (χ2n) is 5.02. The molecule has 8 heteroatoms. The number of halogens is 1. The third-order valence-corrected chi connectivity index (χ3v) is 5.16. The van der Waals surface area contributed by atoms with Gasteiger partial charge in [-0.2, -0.15) is 0 Å². The number of hydrogen-bond donors (Lipinski definition) is 1. The fourth-order valence-corrected chi connectivity index (χ4v) is 3.71. The fraction of sp³-hybridized carbons (Fsp3) is 0.357. The first-order valence-electron chi connectivity index (χ1n) is 6.90. The predicted molar refractivity (Wildman–Crippen MR) is 87.5 cm³/mol. The molecule has 3 rings (SSSR count). The number of hydrogen-bond acceptors (Lipinski definition) is 5. The summed E-state index contributed by atoms with van der Waals surface area (Å²) in [5.41, 5.74) is 1.01. The Morgan fingerprint density at radius 3 is 2.95 bits per heavy atom. The molecule has 0 amide bonds. The number of aliphatic carboxylic acids is 1. The van der Waals surface area contributed by atoms with Crippen LogP contribution in [0, 0.1) is 0 Å². The summed E-state index contributed by atoms with van der Waals surface area (Å²) in [5.74, 6) is 0.898. The van der Waals surface area contributed by atoms with Crippen molar-refractivity contribution in [1.82, 2.24) is 19.7 Å². The minimum Gasteiger partial charge on any atom is -0.481 e. The molecular weight excluding hydrogens is 368 g/mol. The van der Waals surface area contributed by atoms with Crippen LogP contribution in [0.15, 0.2) is 33.9 Å². The lowest BCUT2D eigenvalue weighted by Gasteiger charge is -2.27. The van der Waals surface area contributed by atoms with Crippen molar-refractivity contribution in [2.45, 2.75) is 24.7 Å². The molecule has 0 radical (unpaired) electrons. The van der Waals surface area contributed by atoms with E-state index in [9.17, 15) is 4.79 Å². The molecule has 0 atom stereocenters. The second kappa shape index (κ2) is 6.80. The van der Waals surface area contributed by atoms with Crippen LogP contribution in [0.3, 0.4) is 0 Å². The summed E-state index contributed by atoms with van der Waals surface area (Å²) in [7, 11) is 0. The summed E-state index contributed by atoms with van der Waals surface area (Å²) < 4.78 is 3.06. The Balaban J connectivity index is 1.77. The van der Waals surface area contributed by atoms with Crippen LogP contribution < -0.4 is 0 Å². The minimum atomic E-state index is -0.747. The van der Waals surface area contributed by atoms with E-state index in [1.807, 2.05) is 24.3 Å². The maximum atomic E-state index is 10.6. The maximum absolute atomic E-state index is 10.6. The minimum absolute atomic E-state index is 0.202. The van der Waals surface area contributed by atoms with Gasteiger partial charge >= 0.3 is 5.97 Å². The van der Waals surface area contributed by atoms with Crippen LogP contribution in [-0.4, -0.2) is 43.2 Å². The lowest BCUT2D eigenvalue weighted by Crippen LogP contribution is -2.31. The highest BCUT2D eigenvalue weighted by atomic mass is 79.9. The van der Waals surface area contributed by atoms with Crippen molar-refractivity contribution < 1.29 is 9.90 Å². The van der Waals surface area contributed by atoms with Crippen LogP contribution >= 0.6 is 27.7 Å². The van der Waals surface area contributed by atoms with Crippen LogP contribution in [0.1, 0.15) is 12.8 Å². The monoisotopic (exact) mass is 382 g/mol. The van der Waals surface area contributed by atoms with Gasteiger partial charge in [0, 0.05) is 23.0 Å². The average molecular weight is 383 g/mol. The maximum Gasteiger partial charge on any atom is 0.303 e. The number of rotatable bonds is 5. The van der Waals surface area contributed by atoms with Gasteiger partial charge in [0.2, 0.25) is 0 Å². The van der Waals surface area contributed by atoms with Gasteiger partial charge in [-0.05, 0) is 12.5 Å². The molecule has 1 N–H and O–H groups in total. The first kappa shape index (κ1) is 15.5. The second-order valence-corrected chi connectivity index (χ2v) is 6.79. The number of nitrogens with zero attached hydrogens (tertiary/aromatic N) is 4. The highest BCUT2D eigenvalue weighted by Gasteiger charge is 2.23. The first-order valence-corrected chi connectivity index (χ1v) is 8.68. The van der Waals surface area contributed by atoms with E-state index in [0.717, 1.165) is 33.4 Å². The number of carbonyl (C=O) groups is 1. The molecule has 22 heavy (non-hydrogen) atoms. The highest BCUT2D eigenvalue weighted by Crippen LogP contribution is 2.32. The number of thioether (sulfide) groups is 1. The Labute approximate surface area is 140 Å². The third-order valence-electron chi connectivity index (χ3n) is 3.41. The lowest BCUT2D eigenvalue weighted by atomic mass is 10.2. The molecule has 0 saturated carbocycles. The fourth-order valence-electron chi connectivity index (χ4n) is 2.34. The number of carboxylic acid groups (broad SMARTS) is 1. The highest BCUT2D eigenvalue weighted by molar-refractivity contribution is 9.10. The van der Waals surface area contributed by atoms with Crippen molar-refractivity contribution in [2.75, 3.05) is 12.4 Å². The van der Waals surface area contributed by atoms with E-state index in [1.54, 1.807) is 11.8 Å². The normalized spacial score (nSPS) is 14.8. The third kappa shape index (κ3) is 3.34. The number of aromatic nitrogens is 3. The molecule has 0 saturated heterocycles. The number of fused-ring (bicyclic) bond motifs is 1. The number of carboxylic acids is 1. The standard InChI is InChI=1S/C14H15BrN4O2S/c15-11-5-2-1-4-10(11)13-16-17-14-19(13)8-18(9-22-14)7-3-6-12(20)21/h1-2,4-5H,3,6-9H2,(H,20,21). The Hall–Kier alpha value is -1.38. The van der Waals surface area contributed by atoms with Crippen LogP contribution in [0.4, 0.5) is 0 Å². The summed E-state index contributed by atoms with van der Waals surface area (Å²) in [6.07, 6.45) is 0.852. The van der Waals surface area contributed by atoms with Crippen molar-refractivity contribution >= 4 is 33.7 Å². The number of benzene rings is 1. The Bertz CT molecular complexity index is 691. The van der Waals surface area contributed by atoms with Crippen molar-refractivity contribution in [3.63, 3.8) is 0 Å². The Kier molecular flexibility index (Phi) is 4.80. The zero-order chi connectivity index (χ0) is 15.5. The van der Waals surface area contributed by atoms with E-state index in [-0.39, 0.29) is 6.42 Å². The lowest BCUT2D eigenvalue weighted by molar-refractivity contribution is -0.137. The average Bonchev–Trinajstić information content (AvgIpc) is 2.90. The van der Waals surface area contributed by atoms with E-state index < -0.39 is 5.97 Å². The zero-order valence-electron chi connectivity index (χ0n) is 11.8. The van der Waals surface area contributed by atoms with Crippen molar-refractivity contribution in [2.24, 2.45) is 0 Å². The molecule has 2 aromatic rings. The van der Waals surface area contributed by atoms with Crippen molar-refractivity contribution in [1.29, 1.82) is 0 Å². The van der Waals surface area contributed by atoms with Crippen LogP contribution in [0.2, 0.25) is 0 Å². The molecule has 0 unspecified atom stereocenters. The quantitative estimate of drug-likeness (QED) is 0.856. The summed E-state index contributed by atoms with van der Waals surface area (Å²) >= 11 is 5.18. The van der Waals surface area contributed by atoms with Crippen molar-refractivity contribution in [3.05, 3.63) is 28.7 Å². The summed E-state index contributed by atoms with van der Waals surface area (Å²) in [4.78, 5) is 12.8. The van der Waals surface area contributed by atoms with Crippen LogP contribution in [-0.2, 0) is 11.5 Å². The molecule has 1 aromatic heterocycles. The first-order chi connectivity index (χ1) is 10.6. The molecule has 1 aliphatic rings. The molecular formula is C14H15BrN4O2S. The van der Waals surface area contributed by atoms with E-state index in [1.165, 1.54) is 0 Å². The van der Waals surface area contributed by atoms with E-state index >= 15 is 0 Å². The molecule has 2 heterocycles. The van der Waals surface area contributed by atoms with Gasteiger partial charge in [0.15, 0.2) is 11.0 Å². The smallest absolute Gasteiger partial charge is 0.303 e. The van der Waals surface area contributed by atoms with Crippen molar-refractivity contribution in [3.8, 4) is 11.4 Å². The van der Waals surface area contributed by atoms with Gasteiger partial charge in [-0.25, -0.2) is 0 Å². The van der Waals surface area contributed by atoms with Gasteiger partial charge in [-0.1, -0.05) is 45.9 Å². The topological polar surface area (TPSA) is 71.2 Å². The molecule has 6 nitrogen and oxygen atoms in total. The van der Waals surface area contributed by atoms with Gasteiger partial charge in [0.05, 0.1) is 12.5 Å². The Morgan fingerprint density at radius 2 is 2.18 bits per heavy atom. The predicted octanol–water partition coefficient (Wildman–Crippen LogP) is 2.90. The molecule has 1 aliphatic heterocycles. The van der Waals surface area contributed by atoms with Crippen LogP contribution in [0.5, 0.6) is 0 Å². The molecule has 0 fully saturated rings. The summed E-state index contributed by atoms with van der Waals surface area (Å²) in [6.45, 7) is 1.44. The van der Waals surface area contributed by atoms with E-state index in [2.05, 4.69) is 35.6 Å². The largest absolute Gasteiger partial charge is 0.481 e. The molecule has 1 aromatic carbocycles. The van der Waals surface area contributed by atoms with E-state index in [0.29, 0.717) is 13.1 Å². The van der Waals surface area contributed by atoms with Gasteiger partial charge in [0.1, 0.15) is 0 Å². The van der Waals surface area contributed by atoms with Gasteiger partial charge < -0.3 is 5.11 Å².